The van der Waals surface area contributed by atoms with Crippen LogP contribution in [-0.4, -0.2) is 19.1 Å². The summed E-state index contributed by atoms with van der Waals surface area (Å²) in [4.78, 5) is 12.4. The lowest BCUT2D eigenvalue weighted by molar-refractivity contribution is -0.123. The summed E-state index contributed by atoms with van der Waals surface area (Å²) in [5, 5.41) is 3.06. The Bertz CT molecular complexity index is 634. The Balaban J connectivity index is 0.00000288. The predicted molar refractivity (Wildman–Crippen MR) is 99.6 cm³/mol. The number of hydrogen-bond acceptors (Lipinski definition) is 3. The van der Waals surface area contributed by atoms with E-state index in [1.165, 1.54) is 0 Å². The molecule has 0 fully saturated rings. The Morgan fingerprint density at radius 3 is 2.38 bits per heavy atom. The lowest BCUT2D eigenvalue weighted by Gasteiger charge is -2.23. The fraction of sp³-hybridized carbons (Fsp3) is 0.316. The van der Waals surface area contributed by atoms with E-state index < -0.39 is 6.04 Å². The van der Waals surface area contributed by atoms with Crippen molar-refractivity contribution >= 4 is 18.3 Å². The monoisotopic (exact) mass is 348 g/mol. The molecule has 2 atom stereocenters. The first-order valence-corrected chi connectivity index (χ1v) is 7.91. The van der Waals surface area contributed by atoms with Gasteiger partial charge in [-0.05, 0) is 18.1 Å². The number of nitrogens with one attached hydrogen (secondary N) is 1. The molecule has 0 radical (unpaired) electrons. The van der Waals surface area contributed by atoms with Gasteiger partial charge in [0.05, 0.1) is 19.2 Å². The quantitative estimate of drug-likeness (QED) is 0.805. The molecule has 3 N–H and O–H groups in total. The molecule has 0 aromatic heterocycles. The highest BCUT2D eigenvalue weighted by Gasteiger charge is 2.22. The largest absolute Gasteiger partial charge is 0.496 e. The molecule has 0 aliphatic rings. The fourth-order valence-electron chi connectivity index (χ4n) is 2.58. The molecule has 0 saturated carbocycles. The molecule has 0 aliphatic carbocycles. The Labute approximate surface area is 149 Å². The van der Waals surface area contributed by atoms with Crippen LogP contribution < -0.4 is 15.8 Å². The zero-order valence-electron chi connectivity index (χ0n) is 14.1. The van der Waals surface area contributed by atoms with Crippen LogP contribution in [-0.2, 0) is 4.79 Å². The van der Waals surface area contributed by atoms with E-state index in [1.54, 1.807) is 7.11 Å². The zero-order valence-corrected chi connectivity index (χ0v) is 14.9. The van der Waals surface area contributed by atoms with E-state index in [1.807, 2.05) is 61.5 Å². The van der Waals surface area contributed by atoms with E-state index in [-0.39, 0.29) is 24.4 Å². The minimum atomic E-state index is -0.499. The zero-order chi connectivity index (χ0) is 16.7. The first-order valence-electron chi connectivity index (χ1n) is 7.91. The van der Waals surface area contributed by atoms with E-state index in [2.05, 4.69) is 5.32 Å². The summed E-state index contributed by atoms with van der Waals surface area (Å²) in [5.41, 5.74) is 7.87. The second-order valence-electron chi connectivity index (χ2n) is 5.49. The molecular weight excluding hydrogens is 324 g/mol. The molecule has 2 unspecified atom stereocenters. The van der Waals surface area contributed by atoms with Crippen molar-refractivity contribution in [2.75, 3.05) is 7.11 Å². The lowest BCUT2D eigenvalue weighted by Crippen LogP contribution is -2.42. The minimum Gasteiger partial charge on any atom is -0.496 e. The maximum atomic E-state index is 12.4. The Morgan fingerprint density at radius 1 is 1.12 bits per heavy atom. The van der Waals surface area contributed by atoms with Gasteiger partial charge in [0.15, 0.2) is 0 Å². The van der Waals surface area contributed by atoms with Crippen LogP contribution in [0.2, 0.25) is 0 Å². The molecule has 0 spiro atoms. The number of amides is 1. The highest BCUT2D eigenvalue weighted by Crippen LogP contribution is 2.29. The Morgan fingerprint density at radius 2 is 1.75 bits per heavy atom. The van der Waals surface area contributed by atoms with E-state index in [0.29, 0.717) is 6.42 Å². The number of rotatable bonds is 7. The molecule has 24 heavy (non-hydrogen) atoms. The number of ether oxygens (including phenoxy) is 1. The van der Waals surface area contributed by atoms with Crippen LogP contribution >= 0.6 is 12.4 Å². The molecule has 0 bridgehead atoms. The molecule has 5 heteroatoms. The molecule has 130 valence electrons. The van der Waals surface area contributed by atoms with Gasteiger partial charge in [-0.3, -0.25) is 4.79 Å². The summed E-state index contributed by atoms with van der Waals surface area (Å²) in [6.45, 7) is 2.02. The summed E-state index contributed by atoms with van der Waals surface area (Å²) in [6.07, 6.45) is 1.54. The van der Waals surface area contributed by atoms with Crippen molar-refractivity contribution in [3.05, 3.63) is 65.7 Å². The van der Waals surface area contributed by atoms with Gasteiger partial charge in [0.2, 0.25) is 5.91 Å². The topological polar surface area (TPSA) is 64.4 Å². The van der Waals surface area contributed by atoms with Crippen molar-refractivity contribution in [1.82, 2.24) is 5.32 Å². The Kier molecular flexibility index (Phi) is 8.30. The number of carbonyl (C=O) groups excluding carboxylic acids is 1. The minimum absolute atomic E-state index is 0. The number of methoxy groups -OCH3 is 1. The van der Waals surface area contributed by atoms with E-state index >= 15 is 0 Å². The highest BCUT2D eigenvalue weighted by atomic mass is 35.5. The fourth-order valence-corrected chi connectivity index (χ4v) is 2.58. The normalized spacial score (nSPS) is 12.6. The number of benzene rings is 2. The van der Waals surface area contributed by atoms with Gasteiger partial charge in [-0.25, -0.2) is 0 Å². The van der Waals surface area contributed by atoms with Gasteiger partial charge in [0.25, 0.3) is 0 Å². The third-order valence-corrected chi connectivity index (χ3v) is 3.81. The van der Waals surface area contributed by atoms with Crippen molar-refractivity contribution in [2.45, 2.75) is 31.8 Å². The van der Waals surface area contributed by atoms with Crippen LogP contribution in [0.5, 0.6) is 5.75 Å². The van der Waals surface area contributed by atoms with Crippen molar-refractivity contribution in [3.8, 4) is 5.75 Å². The van der Waals surface area contributed by atoms with Crippen LogP contribution in [0.1, 0.15) is 36.9 Å². The first-order chi connectivity index (χ1) is 11.2. The van der Waals surface area contributed by atoms with Crippen molar-refractivity contribution in [3.63, 3.8) is 0 Å². The van der Waals surface area contributed by atoms with Gasteiger partial charge >= 0.3 is 0 Å². The summed E-state index contributed by atoms with van der Waals surface area (Å²) in [6, 6.07) is 16.8. The van der Waals surface area contributed by atoms with Gasteiger partial charge in [-0.1, -0.05) is 61.9 Å². The number of nitrogens with two attached hydrogens (primary N) is 1. The molecule has 0 heterocycles. The van der Waals surface area contributed by atoms with E-state index in [0.717, 1.165) is 23.3 Å². The van der Waals surface area contributed by atoms with Gasteiger partial charge in [-0.15, -0.1) is 12.4 Å². The molecule has 0 saturated heterocycles. The second kappa shape index (κ2) is 9.96. The molecule has 2 rings (SSSR count). The highest BCUT2D eigenvalue weighted by molar-refractivity contribution is 5.85. The average Bonchev–Trinajstić information content (AvgIpc) is 2.60. The average molecular weight is 349 g/mol. The van der Waals surface area contributed by atoms with Gasteiger partial charge < -0.3 is 15.8 Å². The van der Waals surface area contributed by atoms with E-state index in [9.17, 15) is 4.79 Å². The molecule has 0 aliphatic heterocycles. The third-order valence-electron chi connectivity index (χ3n) is 3.81. The number of hydrogen-bond donors (Lipinski definition) is 2. The first kappa shape index (κ1) is 20.0. The summed E-state index contributed by atoms with van der Waals surface area (Å²) in [7, 11) is 1.63. The second-order valence-corrected chi connectivity index (χ2v) is 5.49. The Hall–Kier alpha value is -2.04. The van der Waals surface area contributed by atoms with Crippen LogP contribution in [0.15, 0.2) is 54.6 Å². The molecule has 4 nitrogen and oxygen atoms in total. The third kappa shape index (κ3) is 4.98. The maximum absolute atomic E-state index is 12.4. The summed E-state index contributed by atoms with van der Waals surface area (Å²) in [5.74, 6) is 0.595. The molecule has 2 aromatic rings. The summed E-state index contributed by atoms with van der Waals surface area (Å²) < 4.78 is 5.45. The van der Waals surface area contributed by atoms with Crippen molar-refractivity contribution in [1.29, 1.82) is 0 Å². The predicted octanol–water partition coefficient (Wildman–Crippen LogP) is 3.45. The van der Waals surface area contributed by atoms with Crippen molar-refractivity contribution in [2.24, 2.45) is 5.73 Å². The van der Waals surface area contributed by atoms with Gasteiger partial charge in [0, 0.05) is 5.56 Å². The van der Waals surface area contributed by atoms with E-state index in [4.69, 9.17) is 10.5 Å². The summed E-state index contributed by atoms with van der Waals surface area (Å²) >= 11 is 0. The maximum Gasteiger partial charge on any atom is 0.237 e. The molecule has 2 aromatic carbocycles. The van der Waals surface area contributed by atoms with Crippen LogP contribution in [0.3, 0.4) is 0 Å². The lowest BCUT2D eigenvalue weighted by atomic mass is 9.97. The van der Waals surface area contributed by atoms with Gasteiger partial charge in [0.1, 0.15) is 5.75 Å². The van der Waals surface area contributed by atoms with Crippen LogP contribution in [0.4, 0.5) is 0 Å². The molecule has 1 amide bonds. The smallest absolute Gasteiger partial charge is 0.237 e. The SMILES string of the molecule is CCCC(N)C(=O)NC(c1ccccc1)c1ccccc1OC.Cl. The van der Waals surface area contributed by atoms with Gasteiger partial charge in [-0.2, -0.15) is 0 Å². The van der Waals surface area contributed by atoms with Crippen LogP contribution in [0, 0.1) is 0 Å². The number of halogens is 1. The molecular formula is C19H25ClN2O2. The van der Waals surface area contributed by atoms with Crippen LogP contribution in [0.25, 0.3) is 0 Å². The standard InChI is InChI=1S/C19H24N2O2.ClH/c1-3-9-16(20)19(22)21-18(14-10-5-4-6-11-14)15-12-7-8-13-17(15)23-2;/h4-8,10-13,16,18H,3,9,20H2,1-2H3,(H,21,22);1H. The number of para-hydroxylation sites is 1. The number of carbonyl (C=O) groups is 1. The van der Waals surface area contributed by atoms with Crippen molar-refractivity contribution < 1.29 is 9.53 Å².